The topological polar surface area (TPSA) is 56.8 Å². The van der Waals surface area contributed by atoms with Gasteiger partial charge in [0.15, 0.2) is 0 Å². The number of hydrogen-bond acceptors (Lipinski definition) is 5. The van der Waals surface area contributed by atoms with Crippen molar-refractivity contribution in [3.05, 3.63) is 72.4 Å². The molecule has 0 aromatic heterocycles. The molecule has 0 heterocycles. The van der Waals surface area contributed by atoms with Crippen LogP contribution in [0.5, 0.6) is 11.5 Å². The van der Waals surface area contributed by atoms with Crippen molar-refractivity contribution in [2.45, 2.75) is 187 Å². The lowest BCUT2D eigenvalue weighted by molar-refractivity contribution is -0.145. The molecule has 0 atom stereocenters. The third kappa shape index (κ3) is 32.4. The van der Waals surface area contributed by atoms with Crippen molar-refractivity contribution in [2.75, 3.05) is 26.8 Å². The lowest BCUT2D eigenvalue weighted by atomic mass is 10.1. The monoisotopic (exact) mass is 736 g/mol. The Kier molecular flexibility index (Phi) is 35.4. The second-order valence-electron chi connectivity index (χ2n) is 14.5. The molecule has 53 heavy (non-hydrogen) atoms. The number of carbonyl (C=O) groups excluding carboxylic acids is 1. The quantitative estimate of drug-likeness (QED) is 0.0416. The van der Waals surface area contributed by atoms with Gasteiger partial charge < -0.3 is 19.5 Å². The third-order valence-electron chi connectivity index (χ3n) is 9.44. The van der Waals surface area contributed by atoms with Crippen LogP contribution in [0.15, 0.2) is 66.8 Å². The number of benzene rings is 1. The van der Waals surface area contributed by atoms with Crippen LogP contribution in [0.4, 0.5) is 0 Å². The van der Waals surface area contributed by atoms with Gasteiger partial charge in [-0.25, -0.2) is 0 Å². The van der Waals surface area contributed by atoms with Gasteiger partial charge >= 0.3 is 5.97 Å². The van der Waals surface area contributed by atoms with Crippen LogP contribution in [0.2, 0.25) is 0 Å². The molecular formula is C48H81NO4. The highest BCUT2D eigenvalue weighted by Crippen LogP contribution is 2.26. The van der Waals surface area contributed by atoms with E-state index in [4.69, 9.17) is 14.2 Å². The van der Waals surface area contributed by atoms with Gasteiger partial charge in [-0.05, 0) is 115 Å². The first-order chi connectivity index (χ1) is 26.2. The Bertz CT molecular complexity index is 1080. The highest BCUT2D eigenvalue weighted by molar-refractivity contribution is 5.69. The van der Waals surface area contributed by atoms with Crippen molar-refractivity contribution in [2.24, 2.45) is 0 Å². The molecule has 1 N–H and O–H groups in total. The average molecular weight is 736 g/mol. The van der Waals surface area contributed by atoms with Crippen LogP contribution in [0.1, 0.15) is 186 Å². The molecule has 0 amide bonds. The van der Waals surface area contributed by atoms with Gasteiger partial charge in [0.2, 0.25) is 0 Å². The maximum Gasteiger partial charge on any atom is 0.306 e. The Labute approximate surface area is 327 Å². The van der Waals surface area contributed by atoms with Gasteiger partial charge in [-0.1, -0.05) is 140 Å². The minimum Gasteiger partial charge on any atom is -0.494 e. The molecule has 0 aliphatic heterocycles. The predicted octanol–water partition coefficient (Wildman–Crippen LogP) is 14.1. The van der Waals surface area contributed by atoms with E-state index in [1.165, 1.54) is 128 Å². The average Bonchev–Trinajstić information content (AvgIpc) is 3.17. The summed E-state index contributed by atoms with van der Waals surface area (Å²) < 4.78 is 17.9. The van der Waals surface area contributed by atoms with Crippen LogP contribution in [0, 0.1) is 0 Å². The highest BCUT2D eigenvalue weighted by atomic mass is 16.5. The highest BCUT2D eigenvalue weighted by Gasteiger charge is 2.10. The van der Waals surface area contributed by atoms with Crippen molar-refractivity contribution in [3.63, 3.8) is 0 Å². The van der Waals surface area contributed by atoms with Gasteiger partial charge in [-0.15, -0.1) is 0 Å². The van der Waals surface area contributed by atoms with Crippen molar-refractivity contribution in [1.82, 2.24) is 5.32 Å². The lowest BCUT2D eigenvalue weighted by Crippen LogP contribution is -2.12. The smallest absolute Gasteiger partial charge is 0.306 e. The largest absolute Gasteiger partial charge is 0.494 e. The molecule has 5 heteroatoms. The molecule has 0 saturated heterocycles. The summed E-state index contributed by atoms with van der Waals surface area (Å²) in [6, 6.07) is 5.96. The Hall–Kier alpha value is -2.79. The number of rotatable bonds is 38. The van der Waals surface area contributed by atoms with Crippen molar-refractivity contribution in [3.8, 4) is 11.5 Å². The summed E-state index contributed by atoms with van der Waals surface area (Å²) in [6.45, 7) is 6.89. The van der Waals surface area contributed by atoms with E-state index in [0.29, 0.717) is 19.6 Å². The molecule has 0 unspecified atom stereocenters. The fraction of sp³-hybridized carbons (Fsp3) is 0.688. The van der Waals surface area contributed by atoms with Crippen molar-refractivity contribution >= 4 is 5.97 Å². The molecule has 0 spiro atoms. The van der Waals surface area contributed by atoms with Crippen LogP contribution in [-0.4, -0.2) is 32.8 Å². The van der Waals surface area contributed by atoms with Crippen molar-refractivity contribution in [1.29, 1.82) is 0 Å². The number of carbonyl (C=O) groups is 1. The Balaban J connectivity index is 2.28. The minimum absolute atomic E-state index is 0.177. The predicted molar refractivity (Wildman–Crippen MR) is 229 cm³/mol. The number of ether oxygens (including phenoxy) is 3. The van der Waals surface area contributed by atoms with Gasteiger partial charge in [-0.3, -0.25) is 4.79 Å². The van der Waals surface area contributed by atoms with Crippen molar-refractivity contribution < 1.29 is 19.0 Å². The summed E-state index contributed by atoms with van der Waals surface area (Å²) in [5.41, 5.74) is 0.876. The van der Waals surface area contributed by atoms with Gasteiger partial charge in [0.1, 0.15) is 18.1 Å². The van der Waals surface area contributed by atoms with Crippen LogP contribution < -0.4 is 14.8 Å². The Morgan fingerprint density at radius 1 is 0.566 bits per heavy atom. The molecule has 1 aromatic carbocycles. The molecule has 0 saturated carbocycles. The molecule has 5 nitrogen and oxygen atoms in total. The zero-order chi connectivity index (χ0) is 38.1. The van der Waals surface area contributed by atoms with E-state index in [-0.39, 0.29) is 12.6 Å². The van der Waals surface area contributed by atoms with Crippen LogP contribution in [-0.2, 0) is 16.1 Å². The van der Waals surface area contributed by atoms with E-state index >= 15 is 0 Å². The first kappa shape index (κ1) is 48.2. The zero-order valence-corrected chi connectivity index (χ0v) is 34.7. The summed E-state index contributed by atoms with van der Waals surface area (Å²) in [4.78, 5) is 12.3. The molecule has 0 radical (unpaired) electrons. The lowest BCUT2D eigenvalue weighted by Gasteiger charge is -2.14. The normalized spacial score (nSPS) is 11.9. The maximum absolute atomic E-state index is 12.3. The Morgan fingerprint density at radius 2 is 1.04 bits per heavy atom. The molecule has 0 aliphatic carbocycles. The molecule has 302 valence electrons. The number of nitrogens with one attached hydrogen (secondary N) is 1. The van der Waals surface area contributed by atoms with E-state index in [9.17, 15) is 4.79 Å². The number of unbranched alkanes of at least 4 members (excludes halogenated alkanes) is 18. The van der Waals surface area contributed by atoms with Gasteiger partial charge in [0.05, 0.1) is 13.2 Å². The van der Waals surface area contributed by atoms with E-state index in [1.54, 1.807) is 0 Å². The molecule has 0 fully saturated rings. The van der Waals surface area contributed by atoms with Gasteiger partial charge in [0, 0.05) is 12.0 Å². The van der Waals surface area contributed by atoms with E-state index in [0.717, 1.165) is 55.7 Å². The summed E-state index contributed by atoms with van der Waals surface area (Å²) in [6.07, 6.45) is 49.3. The van der Waals surface area contributed by atoms with E-state index in [2.05, 4.69) is 67.8 Å². The molecule has 0 bridgehead atoms. The summed E-state index contributed by atoms with van der Waals surface area (Å²) >= 11 is 0. The Morgan fingerprint density at radius 3 is 1.55 bits per heavy atom. The molecular weight excluding hydrogens is 655 g/mol. The summed E-state index contributed by atoms with van der Waals surface area (Å²) in [5, 5.41) is 3.08. The molecule has 0 aliphatic rings. The second-order valence-corrected chi connectivity index (χ2v) is 14.5. The second kappa shape index (κ2) is 38.9. The number of allylic oxidation sites excluding steroid dienone is 8. The molecule has 1 rings (SSSR count). The van der Waals surface area contributed by atoms with Crippen LogP contribution in [0.3, 0.4) is 0 Å². The van der Waals surface area contributed by atoms with Crippen LogP contribution in [0.25, 0.3) is 0 Å². The summed E-state index contributed by atoms with van der Waals surface area (Å²) in [7, 11) is 1.89. The number of hydrogen-bond donors (Lipinski definition) is 1. The SMILES string of the molecule is CCCCC/C=C\C/C=C\CCCCCCCCOc1ccc(OCCCCCCCC/C=C\C/C=C\CCCCC)c(COC(=O)CCCNC)c1. The minimum atomic E-state index is -0.177. The van der Waals surface area contributed by atoms with E-state index < -0.39 is 0 Å². The standard InChI is InChI=1S/C48H81NO4/c1-4-6-8-10-12-14-16-18-20-22-24-26-28-30-32-34-41-51-46-38-39-47(45(43-46)44-53-48(50)37-36-40-49-3)52-42-35-33-31-29-27-25-23-21-19-17-15-13-11-9-7-5-2/h12-15,18-21,38-39,43,49H,4-11,16-17,22-37,40-42,44H2,1-3H3/b14-12-,15-13-,20-18-,21-19-. The first-order valence-corrected chi connectivity index (χ1v) is 22.0. The third-order valence-corrected chi connectivity index (χ3v) is 9.44. The van der Waals surface area contributed by atoms with E-state index in [1.807, 2.05) is 25.2 Å². The fourth-order valence-electron chi connectivity index (χ4n) is 6.09. The molecule has 1 aromatic rings. The first-order valence-electron chi connectivity index (χ1n) is 22.0. The fourth-order valence-corrected chi connectivity index (χ4v) is 6.09. The summed E-state index contributed by atoms with van der Waals surface area (Å²) in [5.74, 6) is 1.43. The van der Waals surface area contributed by atoms with Crippen LogP contribution >= 0.6 is 0 Å². The van der Waals surface area contributed by atoms with Gasteiger partial charge in [-0.2, -0.15) is 0 Å². The van der Waals surface area contributed by atoms with Gasteiger partial charge in [0.25, 0.3) is 0 Å². The number of esters is 1. The maximum atomic E-state index is 12.3. The zero-order valence-electron chi connectivity index (χ0n) is 34.7.